The van der Waals surface area contributed by atoms with Crippen LogP contribution in [0.5, 0.6) is 11.5 Å². The number of rotatable bonds is 3. The summed E-state index contributed by atoms with van der Waals surface area (Å²) >= 11 is 12.2. The lowest BCUT2D eigenvalue weighted by molar-refractivity contribution is 0.482. The first kappa shape index (κ1) is 16.6. The van der Waals surface area contributed by atoms with Gasteiger partial charge in [-0.3, -0.25) is 4.79 Å². The topological polar surface area (TPSA) is 39.4 Å². The van der Waals surface area contributed by atoms with E-state index in [2.05, 4.69) is 0 Å². The molecular weight excluding hydrogens is 347 g/mol. The highest BCUT2D eigenvalue weighted by Gasteiger charge is 2.12. The van der Waals surface area contributed by atoms with Crippen LogP contribution in [0, 0.1) is 13.8 Å². The molecule has 0 aliphatic rings. The normalized spacial score (nSPS) is 10.7. The molecule has 5 heteroatoms. The maximum atomic E-state index is 12.2. The Morgan fingerprint density at radius 2 is 1.67 bits per heavy atom. The van der Waals surface area contributed by atoms with Gasteiger partial charge in [0.25, 0.3) is 0 Å². The molecule has 0 unspecified atom stereocenters. The van der Waals surface area contributed by atoms with Crippen LogP contribution in [-0.2, 0) is 0 Å². The van der Waals surface area contributed by atoms with Crippen molar-refractivity contribution in [1.29, 1.82) is 0 Å². The number of hydrogen-bond donors (Lipinski definition) is 0. The number of benzene rings is 2. The lowest BCUT2D eigenvalue weighted by atomic mass is 10.0. The molecule has 122 valence electrons. The lowest BCUT2D eigenvalue weighted by Crippen LogP contribution is -2.06. The van der Waals surface area contributed by atoms with Gasteiger partial charge in [0.15, 0.2) is 5.43 Å². The van der Waals surface area contributed by atoms with E-state index in [-0.39, 0.29) is 5.43 Å². The molecule has 3 nitrogen and oxygen atoms in total. The highest BCUT2D eigenvalue weighted by atomic mass is 35.5. The standard InChI is InChI=1S/C19H14Cl2O3/c1-11-9-17(22)19(12(2)23-11)13-3-8-18(16(21)10-13)24-15-6-4-14(20)5-7-15/h3-10H,1-2H3. The fraction of sp³-hybridized carbons (Fsp3) is 0.105. The van der Waals surface area contributed by atoms with E-state index in [1.54, 1.807) is 56.3 Å². The third-order valence-corrected chi connectivity index (χ3v) is 4.06. The minimum absolute atomic E-state index is 0.0984. The van der Waals surface area contributed by atoms with Gasteiger partial charge < -0.3 is 9.15 Å². The van der Waals surface area contributed by atoms with Gasteiger partial charge in [-0.25, -0.2) is 0 Å². The largest absolute Gasteiger partial charge is 0.466 e. The number of ether oxygens (including phenoxy) is 1. The average Bonchev–Trinajstić information content (AvgIpc) is 2.51. The van der Waals surface area contributed by atoms with E-state index in [1.165, 1.54) is 6.07 Å². The molecule has 0 spiro atoms. The third kappa shape index (κ3) is 3.48. The SMILES string of the molecule is Cc1cc(=O)c(-c2ccc(Oc3ccc(Cl)cc3)c(Cl)c2)c(C)o1. The number of halogens is 2. The summed E-state index contributed by atoms with van der Waals surface area (Å²) in [4.78, 5) is 12.2. The van der Waals surface area contributed by atoms with Crippen molar-refractivity contribution in [3.63, 3.8) is 0 Å². The van der Waals surface area contributed by atoms with Crippen molar-refractivity contribution in [2.75, 3.05) is 0 Å². The van der Waals surface area contributed by atoms with Crippen molar-refractivity contribution < 1.29 is 9.15 Å². The van der Waals surface area contributed by atoms with Gasteiger partial charge in [0.2, 0.25) is 0 Å². The Kier molecular flexibility index (Phi) is 4.65. The van der Waals surface area contributed by atoms with Crippen LogP contribution in [0.25, 0.3) is 11.1 Å². The van der Waals surface area contributed by atoms with Crippen LogP contribution in [-0.4, -0.2) is 0 Å². The first-order chi connectivity index (χ1) is 11.4. The van der Waals surface area contributed by atoms with Crippen molar-refractivity contribution in [1.82, 2.24) is 0 Å². The van der Waals surface area contributed by atoms with Crippen LogP contribution in [0.15, 0.2) is 57.7 Å². The van der Waals surface area contributed by atoms with Crippen molar-refractivity contribution >= 4 is 23.2 Å². The van der Waals surface area contributed by atoms with Gasteiger partial charge in [0.1, 0.15) is 23.0 Å². The summed E-state index contributed by atoms with van der Waals surface area (Å²) in [7, 11) is 0. The van der Waals surface area contributed by atoms with Gasteiger partial charge in [-0.05, 0) is 55.8 Å². The second kappa shape index (κ2) is 6.71. The Bertz CT molecular complexity index is 944. The van der Waals surface area contributed by atoms with Crippen molar-refractivity contribution in [3.05, 3.63) is 80.3 Å². The first-order valence-electron chi connectivity index (χ1n) is 7.29. The van der Waals surface area contributed by atoms with Crippen LogP contribution in [0.1, 0.15) is 11.5 Å². The molecule has 0 fully saturated rings. The average molecular weight is 361 g/mol. The maximum absolute atomic E-state index is 12.2. The van der Waals surface area contributed by atoms with Crippen molar-refractivity contribution in [2.45, 2.75) is 13.8 Å². The van der Waals surface area contributed by atoms with Gasteiger partial charge in [0, 0.05) is 11.1 Å². The first-order valence-corrected chi connectivity index (χ1v) is 8.04. The molecular formula is C19H14Cl2O3. The molecule has 0 bridgehead atoms. The number of aryl methyl sites for hydroxylation is 2. The fourth-order valence-corrected chi connectivity index (χ4v) is 2.81. The van der Waals surface area contributed by atoms with Crippen LogP contribution >= 0.6 is 23.2 Å². The summed E-state index contributed by atoms with van der Waals surface area (Å²) < 4.78 is 11.3. The Morgan fingerprint density at radius 3 is 2.29 bits per heavy atom. The molecule has 0 saturated heterocycles. The Morgan fingerprint density at radius 1 is 0.958 bits per heavy atom. The smallest absolute Gasteiger partial charge is 0.193 e. The Hall–Kier alpha value is -2.23. The van der Waals surface area contributed by atoms with Gasteiger partial charge in [-0.1, -0.05) is 29.3 Å². The van der Waals surface area contributed by atoms with Crippen LogP contribution in [0.2, 0.25) is 10.0 Å². The van der Waals surface area contributed by atoms with Gasteiger partial charge in [-0.2, -0.15) is 0 Å². The fourth-order valence-electron chi connectivity index (χ4n) is 2.47. The quantitative estimate of drug-likeness (QED) is 0.572. The van der Waals surface area contributed by atoms with E-state index in [4.69, 9.17) is 32.4 Å². The second-order valence-corrected chi connectivity index (χ2v) is 6.20. The molecule has 1 heterocycles. The van der Waals surface area contributed by atoms with E-state index in [9.17, 15) is 4.79 Å². The van der Waals surface area contributed by atoms with Crippen LogP contribution < -0.4 is 10.2 Å². The molecule has 3 rings (SSSR count). The summed E-state index contributed by atoms with van der Waals surface area (Å²) in [5.74, 6) is 2.26. The lowest BCUT2D eigenvalue weighted by Gasteiger charge is -2.10. The van der Waals surface area contributed by atoms with E-state index in [0.29, 0.717) is 44.2 Å². The molecule has 1 aromatic heterocycles. The van der Waals surface area contributed by atoms with Crippen LogP contribution in [0.3, 0.4) is 0 Å². The molecule has 2 aromatic carbocycles. The van der Waals surface area contributed by atoms with Gasteiger partial charge in [0.05, 0.1) is 10.6 Å². The molecule has 0 atom stereocenters. The van der Waals surface area contributed by atoms with Crippen LogP contribution in [0.4, 0.5) is 0 Å². The molecule has 0 radical (unpaired) electrons. The Labute approximate surface area is 149 Å². The minimum Gasteiger partial charge on any atom is -0.466 e. The minimum atomic E-state index is -0.0984. The zero-order valence-corrected chi connectivity index (χ0v) is 14.6. The predicted octanol–water partition coefficient (Wildman–Crippen LogP) is 6.02. The molecule has 3 aromatic rings. The highest BCUT2D eigenvalue weighted by molar-refractivity contribution is 6.32. The van der Waals surface area contributed by atoms with E-state index in [0.717, 1.165) is 0 Å². The molecule has 0 aliphatic carbocycles. The van der Waals surface area contributed by atoms with E-state index < -0.39 is 0 Å². The zero-order valence-electron chi connectivity index (χ0n) is 13.1. The summed E-state index contributed by atoms with van der Waals surface area (Å²) in [6.07, 6.45) is 0. The predicted molar refractivity (Wildman–Crippen MR) is 96.4 cm³/mol. The van der Waals surface area contributed by atoms with Gasteiger partial charge >= 0.3 is 0 Å². The highest BCUT2D eigenvalue weighted by Crippen LogP contribution is 2.33. The third-order valence-electron chi connectivity index (χ3n) is 3.51. The molecule has 0 saturated carbocycles. The molecule has 0 N–H and O–H groups in total. The molecule has 24 heavy (non-hydrogen) atoms. The van der Waals surface area contributed by atoms with Crippen molar-refractivity contribution in [2.24, 2.45) is 0 Å². The van der Waals surface area contributed by atoms with Gasteiger partial charge in [-0.15, -0.1) is 0 Å². The van der Waals surface area contributed by atoms with E-state index in [1.807, 2.05) is 0 Å². The summed E-state index contributed by atoms with van der Waals surface area (Å²) in [5, 5.41) is 1.03. The second-order valence-electron chi connectivity index (χ2n) is 5.35. The molecule has 0 aliphatic heterocycles. The summed E-state index contributed by atoms with van der Waals surface area (Å²) in [6, 6.07) is 13.7. The summed E-state index contributed by atoms with van der Waals surface area (Å²) in [6.45, 7) is 3.50. The number of hydrogen-bond acceptors (Lipinski definition) is 3. The Balaban J connectivity index is 1.96. The summed E-state index contributed by atoms with van der Waals surface area (Å²) in [5.41, 5.74) is 1.09. The maximum Gasteiger partial charge on any atom is 0.193 e. The molecule has 0 amide bonds. The van der Waals surface area contributed by atoms with E-state index >= 15 is 0 Å². The monoisotopic (exact) mass is 360 g/mol. The van der Waals surface area contributed by atoms with Crippen molar-refractivity contribution in [3.8, 4) is 22.6 Å². The zero-order chi connectivity index (χ0) is 17.3.